The van der Waals surface area contributed by atoms with Gasteiger partial charge in [-0.05, 0) is 34.0 Å². The number of hydrogen-bond acceptors (Lipinski definition) is 3. The van der Waals surface area contributed by atoms with Crippen molar-refractivity contribution >= 4 is 27.0 Å². The first-order chi connectivity index (χ1) is 7.63. The van der Waals surface area contributed by atoms with Gasteiger partial charge in [0, 0.05) is 0 Å². The van der Waals surface area contributed by atoms with Gasteiger partial charge in [-0.1, -0.05) is 26.3 Å². The molecule has 2 N–H and O–H groups in total. The molecule has 3 nitrogen and oxygen atoms in total. The molecule has 1 heterocycles. The van der Waals surface area contributed by atoms with Crippen LogP contribution in [0.2, 0.25) is 0 Å². The van der Waals surface area contributed by atoms with Crippen molar-refractivity contribution < 1.29 is 4.42 Å². The number of benzene rings is 1. The van der Waals surface area contributed by atoms with Crippen LogP contribution in [-0.4, -0.2) is 4.98 Å². The Labute approximate surface area is 103 Å². The van der Waals surface area contributed by atoms with Crippen LogP contribution in [0, 0.1) is 5.92 Å². The highest BCUT2D eigenvalue weighted by Crippen LogP contribution is 2.29. The normalized spacial score (nSPS) is 15.2. The van der Waals surface area contributed by atoms with Crippen LogP contribution in [0.15, 0.2) is 27.1 Å². The average molecular weight is 283 g/mol. The first-order valence-corrected chi connectivity index (χ1v) is 6.23. The number of fused-ring (bicyclic) bond motifs is 1. The Balaban J connectivity index is 2.43. The average Bonchev–Trinajstić information content (AvgIpc) is 2.72. The quantitative estimate of drug-likeness (QED) is 0.935. The van der Waals surface area contributed by atoms with E-state index < -0.39 is 0 Å². The van der Waals surface area contributed by atoms with E-state index in [4.69, 9.17) is 10.2 Å². The second-order valence-electron chi connectivity index (χ2n) is 4.05. The Kier molecular flexibility index (Phi) is 3.30. The lowest BCUT2D eigenvalue weighted by molar-refractivity contribution is 0.375. The zero-order valence-corrected chi connectivity index (χ0v) is 11.0. The highest BCUT2D eigenvalue weighted by Gasteiger charge is 2.19. The van der Waals surface area contributed by atoms with Crippen LogP contribution >= 0.6 is 15.9 Å². The van der Waals surface area contributed by atoms with Gasteiger partial charge in [0.1, 0.15) is 5.52 Å². The van der Waals surface area contributed by atoms with Crippen LogP contribution in [0.3, 0.4) is 0 Å². The molecule has 0 spiro atoms. The van der Waals surface area contributed by atoms with Gasteiger partial charge in [0.25, 0.3) is 0 Å². The second-order valence-corrected chi connectivity index (χ2v) is 4.91. The first kappa shape index (κ1) is 11.6. The minimum absolute atomic E-state index is 0.135. The zero-order valence-electron chi connectivity index (χ0n) is 9.40. The number of nitrogens with two attached hydrogens (primary N) is 1. The summed E-state index contributed by atoms with van der Waals surface area (Å²) in [5, 5.41) is 0. The van der Waals surface area contributed by atoms with Gasteiger partial charge in [-0.2, -0.15) is 0 Å². The summed E-state index contributed by atoms with van der Waals surface area (Å²) in [5.74, 6) is 0.989. The van der Waals surface area contributed by atoms with E-state index in [9.17, 15) is 0 Å². The summed E-state index contributed by atoms with van der Waals surface area (Å²) in [4.78, 5) is 4.42. The maximum absolute atomic E-state index is 6.09. The van der Waals surface area contributed by atoms with E-state index in [-0.39, 0.29) is 6.04 Å². The lowest BCUT2D eigenvalue weighted by Crippen LogP contribution is -2.18. The molecule has 0 saturated heterocycles. The Morgan fingerprint density at radius 2 is 2.25 bits per heavy atom. The summed E-state index contributed by atoms with van der Waals surface area (Å²) >= 11 is 3.44. The zero-order chi connectivity index (χ0) is 11.7. The third-order valence-electron chi connectivity index (χ3n) is 2.93. The van der Waals surface area contributed by atoms with Crippen LogP contribution in [0.5, 0.6) is 0 Å². The van der Waals surface area contributed by atoms with E-state index in [2.05, 4.69) is 34.8 Å². The Bertz CT molecular complexity index is 495. The van der Waals surface area contributed by atoms with Gasteiger partial charge >= 0.3 is 0 Å². The van der Waals surface area contributed by atoms with E-state index in [0.29, 0.717) is 11.8 Å². The number of rotatable bonds is 3. The van der Waals surface area contributed by atoms with Gasteiger partial charge in [-0.25, -0.2) is 4.98 Å². The molecule has 16 heavy (non-hydrogen) atoms. The van der Waals surface area contributed by atoms with Gasteiger partial charge in [0.2, 0.25) is 5.89 Å². The molecule has 2 aromatic rings. The fourth-order valence-electron chi connectivity index (χ4n) is 1.57. The number of nitrogens with zero attached hydrogens (tertiary/aromatic N) is 1. The molecule has 0 bridgehead atoms. The highest BCUT2D eigenvalue weighted by atomic mass is 79.9. The summed E-state index contributed by atoms with van der Waals surface area (Å²) in [6.07, 6.45) is 1.01. The lowest BCUT2D eigenvalue weighted by Gasteiger charge is -2.13. The summed E-state index contributed by atoms with van der Waals surface area (Å²) in [6.45, 7) is 4.22. The van der Waals surface area contributed by atoms with Crippen molar-refractivity contribution in [2.75, 3.05) is 0 Å². The van der Waals surface area contributed by atoms with Crippen molar-refractivity contribution in [1.82, 2.24) is 4.98 Å². The number of hydrogen-bond donors (Lipinski definition) is 1. The minimum Gasteiger partial charge on any atom is -0.438 e. The van der Waals surface area contributed by atoms with Crippen molar-refractivity contribution in [1.29, 1.82) is 0 Å². The Hall–Kier alpha value is -0.870. The fourth-order valence-corrected chi connectivity index (χ4v) is 2.01. The molecule has 0 saturated carbocycles. The molecular weight excluding hydrogens is 268 g/mol. The fraction of sp³-hybridized carbons (Fsp3) is 0.417. The smallest absolute Gasteiger partial charge is 0.212 e. The summed E-state index contributed by atoms with van der Waals surface area (Å²) in [7, 11) is 0. The predicted molar refractivity (Wildman–Crippen MR) is 68.1 cm³/mol. The first-order valence-electron chi connectivity index (χ1n) is 5.44. The molecule has 2 atom stereocenters. The van der Waals surface area contributed by atoms with E-state index >= 15 is 0 Å². The maximum atomic E-state index is 6.09. The number of oxazole rings is 1. The molecule has 1 aromatic heterocycles. The largest absolute Gasteiger partial charge is 0.438 e. The van der Waals surface area contributed by atoms with E-state index in [1.807, 2.05) is 18.2 Å². The van der Waals surface area contributed by atoms with Crippen molar-refractivity contribution in [2.24, 2.45) is 11.7 Å². The molecule has 4 heteroatoms. The van der Waals surface area contributed by atoms with Crippen LogP contribution in [-0.2, 0) is 0 Å². The molecular formula is C12H15BrN2O. The second kappa shape index (κ2) is 4.55. The van der Waals surface area contributed by atoms with E-state index in [0.717, 1.165) is 22.0 Å². The van der Waals surface area contributed by atoms with E-state index in [1.54, 1.807) is 0 Å². The molecule has 0 aliphatic heterocycles. The molecule has 0 radical (unpaired) electrons. The molecule has 2 unspecified atom stereocenters. The minimum atomic E-state index is -0.135. The van der Waals surface area contributed by atoms with Gasteiger partial charge < -0.3 is 10.2 Å². The Morgan fingerprint density at radius 3 is 2.88 bits per heavy atom. The van der Waals surface area contributed by atoms with Gasteiger partial charge in [0.15, 0.2) is 5.58 Å². The summed E-state index contributed by atoms with van der Waals surface area (Å²) < 4.78 is 6.62. The van der Waals surface area contributed by atoms with Crippen molar-refractivity contribution in [2.45, 2.75) is 26.3 Å². The van der Waals surface area contributed by atoms with Gasteiger partial charge in [-0.15, -0.1) is 0 Å². The SMILES string of the molecule is CCC(C)C(N)c1nc2cccc(Br)c2o1. The van der Waals surface area contributed by atoms with Crippen LogP contribution in [0.4, 0.5) is 0 Å². The molecule has 1 aromatic carbocycles. The summed E-state index contributed by atoms with van der Waals surface area (Å²) in [6, 6.07) is 5.67. The standard InChI is InChI=1S/C12H15BrN2O/c1-3-7(2)10(14)12-15-9-6-4-5-8(13)11(9)16-12/h4-7,10H,3,14H2,1-2H3. The Morgan fingerprint density at radius 1 is 1.50 bits per heavy atom. The van der Waals surface area contributed by atoms with Crippen molar-refractivity contribution in [3.05, 3.63) is 28.6 Å². The van der Waals surface area contributed by atoms with Crippen LogP contribution < -0.4 is 5.73 Å². The van der Waals surface area contributed by atoms with Gasteiger partial charge in [0.05, 0.1) is 10.5 Å². The van der Waals surface area contributed by atoms with E-state index in [1.165, 1.54) is 0 Å². The monoisotopic (exact) mass is 282 g/mol. The van der Waals surface area contributed by atoms with Crippen molar-refractivity contribution in [3.63, 3.8) is 0 Å². The molecule has 0 aliphatic carbocycles. The van der Waals surface area contributed by atoms with Crippen LogP contribution in [0.25, 0.3) is 11.1 Å². The molecule has 0 aliphatic rings. The number of halogens is 1. The third kappa shape index (κ3) is 1.99. The van der Waals surface area contributed by atoms with Crippen molar-refractivity contribution in [3.8, 4) is 0 Å². The third-order valence-corrected chi connectivity index (χ3v) is 3.55. The number of para-hydroxylation sites is 1. The maximum Gasteiger partial charge on any atom is 0.212 e. The summed E-state index contributed by atoms with van der Waals surface area (Å²) in [5.41, 5.74) is 7.72. The van der Waals surface area contributed by atoms with Gasteiger partial charge in [-0.3, -0.25) is 0 Å². The predicted octanol–water partition coefficient (Wildman–Crippen LogP) is 3.64. The molecule has 0 fully saturated rings. The topological polar surface area (TPSA) is 52.0 Å². The lowest BCUT2D eigenvalue weighted by atomic mass is 10.0. The molecule has 2 rings (SSSR count). The number of aromatic nitrogens is 1. The molecule has 86 valence electrons. The van der Waals surface area contributed by atoms with Crippen LogP contribution in [0.1, 0.15) is 32.2 Å². The molecule has 0 amide bonds. The highest BCUT2D eigenvalue weighted by molar-refractivity contribution is 9.10.